The van der Waals surface area contributed by atoms with Crippen molar-refractivity contribution in [2.45, 2.75) is 55.9 Å². The molecule has 0 aromatic heterocycles. The van der Waals surface area contributed by atoms with Gasteiger partial charge in [0.15, 0.2) is 0 Å². The summed E-state index contributed by atoms with van der Waals surface area (Å²) < 4.78 is 27.5. The molecule has 4 rings (SSSR count). The lowest BCUT2D eigenvalue weighted by Crippen LogP contribution is -2.43. The molecule has 1 saturated carbocycles. The van der Waals surface area contributed by atoms with E-state index in [1.807, 2.05) is 0 Å². The minimum atomic E-state index is -3.73. The van der Waals surface area contributed by atoms with Crippen molar-refractivity contribution >= 4 is 39.1 Å². The highest BCUT2D eigenvalue weighted by molar-refractivity contribution is 7.89. The van der Waals surface area contributed by atoms with Crippen molar-refractivity contribution in [1.29, 1.82) is 0 Å². The lowest BCUT2D eigenvalue weighted by Gasteiger charge is -2.31. The topological polar surface area (TPSA) is 95.6 Å². The zero-order valence-electron chi connectivity index (χ0n) is 19.0. The van der Waals surface area contributed by atoms with Gasteiger partial charge in [0.2, 0.25) is 15.9 Å². The SMILES string of the molecule is O=C(NC1CCCCC1)c1ccccc1NC(=O)[C@@H]1CCCN(S(=O)(=O)c2ccc(Cl)cc2)C1. The Labute approximate surface area is 205 Å². The fraction of sp³-hybridized carbons (Fsp3) is 0.440. The van der Waals surface area contributed by atoms with Crippen LogP contribution in [0.15, 0.2) is 53.4 Å². The van der Waals surface area contributed by atoms with E-state index in [-0.39, 0.29) is 29.3 Å². The Balaban J connectivity index is 1.43. The van der Waals surface area contributed by atoms with Crippen molar-refractivity contribution in [3.63, 3.8) is 0 Å². The Morgan fingerprint density at radius 1 is 0.912 bits per heavy atom. The van der Waals surface area contributed by atoms with Gasteiger partial charge >= 0.3 is 0 Å². The summed E-state index contributed by atoms with van der Waals surface area (Å²) >= 11 is 5.89. The van der Waals surface area contributed by atoms with Crippen LogP contribution < -0.4 is 10.6 Å². The predicted molar refractivity (Wildman–Crippen MR) is 132 cm³/mol. The van der Waals surface area contributed by atoms with Crippen LogP contribution in [-0.4, -0.2) is 43.7 Å². The summed E-state index contributed by atoms with van der Waals surface area (Å²) in [5.41, 5.74) is 0.862. The summed E-state index contributed by atoms with van der Waals surface area (Å²) in [6.45, 7) is 0.447. The zero-order chi connectivity index (χ0) is 24.1. The molecular formula is C25H30ClN3O4S. The molecule has 1 aliphatic heterocycles. The third kappa shape index (κ3) is 5.79. The second kappa shape index (κ2) is 10.9. The minimum Gasteiger partial charge on any atom is -0.349 e. The molecule has 2 amide bonds. The van der Waals surface area contributed by atoms with E-state index < -0.39 is 15.9 Å². The van der Waals surface area contributed by atoms with E-state index in [0.717, 1.165) is 25.7 Å². The molecule has 2 N–H and O–H groups in total. The number of sulfonamides is 1. The van der Waals surface area contributed by atoms with Crippen molar-refractivity contribution in [3.05, 3.63) is 59.1 Å². The molecule has 0 bridgehead atoms. The number of hydrogen-bond acceptors (Lipinski definition) is 4. The maximum absolute atomic E-state index is 13.1. The van der Waals surface area contributed by atoms with Gasteiger partial charge in [-0.25, -0.2) is 8.42 Å². The molecule has 0 unspecified atom stereocenters. The number of halogens is 1. The van der Waals surface area contributed by atoms with Crippen LogP contribution >= 0.6 is 11.6 Å². The molecule has 2 aromatic rings. The lowest BCUT2D eigenvalue weighted by molar-refractivity contribution is -0.120. The van der Waals surface area contributed by atoms with Gasteiger partial charge in [-0.2, -0.15) is 4.31 Å². The number of para-hydroxylation sites is 1. The van der Waals surface area contributed by atoms with Crippen LogP contribution in [0, 0.1) is 5.92 Å². The van der Waals surface area contributed by atoms with Gasteiger partial charge in [0.05, 0.1) is 22.1 Å². The number of anilines is 1. The number of nitrogens with zero attached hydrogens (tertiary/aromatic N) is 1. The first kappa shape index (κ1) is 24.7. The van der Waals surface area contributed by atoms with Crippen molar-refractivity contribution < 1.29 is 18.0 Å². The maximum Gasteiger partial charge on any atom is 0.253 e. The largest absolute Gasteiger partial charge is 0.349 e. The highest BCUT2D eigenvalue weighted by Gasteiger charge is 2.33. The zero-order valence-corrected chi connectivity index (χ0v) is 20.6. The molecule has 2 aliphatic rings. The standard InChI is InChI=1S/C25H30ClN3O4S/c26-19-12-14-21(15-13-19)34(32,33)29-16-6-7-18(17-29)24(30)28-23-11-5-4-10-22(23)25(31)27-20-8-2-1-3-9-20/h4-5,10-15,18,20H,1-3,6-9,16-17H2,(H,27,31)(H,28,30)/t18-/m1/s1. The normalized spacial score (nSPS) is 20.0. The molecule has 9 heteroatoms. The molecule has 34 heavy (non-hydrogen) atoms. The molecule has 2 aromatic carbocycles. The van der Waals surface area contributed by atoms with E-state index in [2.05, 4.69) is 10.6 Å². The predicted octanol–water partition coefficient (Wildman–Crippen LogP) is 4.44. The molecule has 7 nitrogen and oxygen atoms in total. The first-order valence-electron chi connectivity index (χ1n) is 11.8. The van der Waals surface area contributed by atoms with E-state index in [4.69, 9.17) is 11.6 Å². The summed E-state index contributed by atoms with van der Waals surface area (Å²) in [6, 6.07) is 13.1. The molecule has 0 spiro atoms. The molecule has 1 saturated heterocycles. The number of carbonyl (C=O) groups is 2. The van der Waals surface area contributed by atoms with Crippen molar-refractivity contribution in [2.75, 3.05) is 18.4 Å². The molecule has 2 fully saturated rings. The van der Waals surface area contributed by atoms with Crippen molar-refractivity contribution in [1.82, 2.24) is 9.62 Å². The fourth-order valence-corrected chi connectivity index (χ4v) is 6.32. The summed E-state index contributed by atoms with van der Waals surface area (Å²) in [5, 5.41) is 6.43. The first-order chi connectivity index (χ1) is 16.3. The summed E-state index contributed by atoms with van der Waals surface area (Å²) in [7, 11) is -3.73. The second-order valence-corrected chi connectivity index (χ2v) is 11.4. The van der Waals surface area contributed by atoms with Gasteiger partial charge in [0.25, 0.3) is 5.91 Å². The maximum atomic E-state index is 13.1. The number of piperidine rings is 1. The number of carbonyl (C=O) groups excluding carboxylic acids is 2. The number of hydrogen-bond donors (Lipinski definition) is 2. The Bertz CT molecular complexity index is 1130. The first-order valence-corrected chi connectivity index (χ1v) is 13.6. The molecule has 182 valence electrons. The van der Waals surface area contributed by atoms with E-state index in [1.165, 1.54) is 35.0 Å². The molecular weight excluding hydrogens is 474 g/mol. The van der Waals surface area contributed by atoms with Gasteiger partial charge in [-0.3, -0.25) is 9.59 Å². The third-order valence-electron chi connectivity index (χ3n) is 6.58. The molecule has 1 aliphatic carbocycles. The van der Waals surface area contributed by atoms with Gasteiger partial charge in [-0.15, -0.1) is 0 Å². The number of rotatable bonds is 6. The summed E-state index contributed by atoms with van der Waals surface area (Å²) in [5.74, 6) is -0.988. The second-order valence-electron chi connectivity index (χ2n) is 9.00. The van der Waals surface area contributed by atoms with E-state index in [0.29, 0.717) is 35.7 Å². The highest BCUT2D eigenvalue weighted by Crippen LogP contribution is 2.26. The summed E-state index contributed by atoms with van der Waals surface area (Å²) in [4.78, 5) is 26.2. The highest BCUT2D eigenvalue weighted by atomic mass is 35.5. The quantitative estimate of drug-likeness (QED) is 0.609. The smallest absolute Gasteiger partial charge is 0.253 e. The van der Waals surface area contributed by atoms with Crippen molar-refractivity contribution in [3.8, 4) is 0 Å². The van der Waals surface area contributed by atoms with Crippen LogP contribution in [0.4, 0.5) is 5.69 Å². The van der Waals surface area contributed by atoms with Gasteiger partial charge < -0.3 is 10.6 Å². The average Bonchev–Trinajstić information content (AvgIpc) is 2.85. The third-order valence-corrected chi connectivity index (χ3v) is 8.71. The van der Waals surface area contributed by atoms with E-state index in [1.54, 1.807) is 24.3 Å². The number of benzene rings is 2. The van der Waals surface area contributed by atoms with Crippen LogP contribution in [0.3, 0.4) is 0 Å². The van der Waals surface area contributed by atoms with Crippen LogP contribution in [0.25, 0.3) is 0 Å². The van der Waals surface area contributed by atoms with E-state index in [9.17, 15) is 18.0 Å². The Morgan fingerprint density at radius 2 is 1.62 bits per heavy atom. The minimum absolute atomic E-state index is 0.0905. The van der Waals surface area contributed by atoms with Crippen LogP contribution in [0.5, 0.6) is 0 Å². The van der Waals surface area contributed by atoms with E-state index >= 15 is 0 Å². The number of amides is 2. The van der Waals surface area contributed by atoms with Gasteiger partial charge in [0, 0.05) is 24.2 Å². The molecule has 0 radical (unpaired) electrons. The Hall–Kier alpha value is -2.42. The van der Waals surface area contributed by atoms with Gasteiger partial charge in [0.1, 0.15) is 0 Å². The van der Waals surface area contributed by atoms with Crippen LogP contribution in [0.2, 0.25) is 5.02 Å². The summed E-state index contributed by atoms with van der Waals surface area (Å²) in [6.07, 6.45) is 6.52. The van der Waals surface area contributed by atoms with Gasteiger partial charge in [-0.1, -0.05) is 43.0 Å². The molecule has 1 atom stereocenters. The molecule has 1 heterocycles. The Morgan fingerprint density at radius 3 is 2.35 bits per heavy atom. The van der Waals surface area contributed by atoms with Crippen LogP contribution in [0.1, 0.15) is 55.3 Å². The van der Waals surface area contributed by atoms with Crippen LogP contribution in [-0.2, 0) is 14.8 Å². The fourth-order valence-electron chi connectivity index (χ4n) is 4.67. The lowest BCUT2D eigenvalue weighted by atomic mass is 9.95. The average molecular weight is 504 g/mol. The van der Waals surface area contributed by atoms with Gasteiger partial charge in [-0.05, 0) is 62.1 Å². The van der Waals surface area contributed by atoms with Crippen molar-refractivity contribution in [2.24, 2.45) is 5.92 Å². The monoisotopic (exact) mass is 503 g/mol. The Kier molecular flexibility index (Phi) is 7.91. The number of nitrogens with one attached hydrogen (secondary N) is 2.